The molecule has 0 aliphatic rings. The van der Waals surface area contributed by atoms with E-state index in [2.05, 4.69) is 44.9 Å². The predicted octanol–water partition coefficient (Wildman–Crippen LogP) is -0.671. The van der Waals surface area contributed by atoms with Crippen molar-refractivity contribution in [1.82, 2.24) is 26.1 Å². The zero-order valence-electron chi connectivity index (χ0n) is 17.2. The largest absolute Gasteiger partial charge is 0.480 e. The first-order valence-corrected chi connectivity index (χ1v) is 11.0. The summed E-state index contributed by atoms with van der Waals surface area (Å²) in [6, 6.07) is 7.25. The van der Waals surface area contributed by atoms with Crippen LogP contribution in [-0.2, 0) is 25.6 Å². The molecule has 0 saturated carbocycles. The lowest BCUT2D eigenvalue weighted by molar-refractivity contribution is -0.142. The van der Waals surface area contributed by atoms with Crippen LogP contribution >= 0.6 is 18.8 Å². The third kappa shape index (κ3) is 11.7. The summed E-state index contributed by atoms with van der Waals surface area (Å²) in [7, 11) is 4.57. The van der Waals surface area contributed by atoms with Crippen molar-refractivity contribution in [2.45, 2.75) is 37.8 Å². The van der Waals surface area contributed by atoms with Crippen LogP contribution in [0.5, 0.6) is 0 Å². The Hall–Kier alpha value is -2.12. The molecule has 6 N–H and O–H groups in total. The molecule has 4 atom stereocenters. The Balaban J connectivity index is 2.62. The Labute approximate surface area is 186 Å². The molecule has 0 fully saturated rings. The molecule has 10 nitrogen and oxygen atoms in total. The monoisotopic (exact) mass is 471 g/mol. The van der Waals surface area contributed by atoms with Crippen LogP contribution in [0.4, 0.5) is 0 Å². The third-order valence-electron chi connectivity index (χ3n) is 4.32. The van der Waals surface area contributed by atoms with Crippen molar-refractivity contribution in [3.8, 4) is 0 Å². The molecule has 0 heterocycles. The molecule has 4 unspecified atom stereocenters. The maximum atomic E-state index is 12.6. The van der Waals surface area contributed by atoms with Gasteiger partial charge in [0.2, 0.25) is 17.7 Å². The average Bonchev–Trinajstić information content (AvgIpc) is 2.74. The first-order chi connectivity index (χ1) is 14.9. The van der Waals surface area contributed by atoms with Crippen LogP contribution in [0.25, 0.3) is 0 Å². The summed E-state index contributed by atoms with van der Waals surface area (Å²) in [5.74, 6) is -2.64. The molecule has 0 aliphatic carbocycles. The molecule has 31 heavy (non-hydrogen) atoms. The molecule has 0 radical (unpaired) electrons. The van der Waals surface area contributed by atoms with Crippen molar-refractivity contribution >= 4 is 42.5 Å². The van der Waals surface area contributed by atoms with E-state index >= 15 is 0 Å². The molecule has 1 aromatic carbocycles. The van der Waals surface area contributed by atoms with E-state index in [0.29, 0.717) is 6.42 Å². The van der Waals surface area contributed by atoms with E-state index in [9.17, 15) is 24.3 Å². The van der Waals surface area contributed by atoms with Crippen LogP contribution in [0.1, 0.15) is 24.8 Å². The van der Waals surface area contributed by atoms with E-state index < -0.39 is 36.4 Å². The van der Waals surface area contributed by atoms with E-state index in [0.717, 1.165) is 18.5 Å². The van der Waals surface area contributed by atoms with Crippen LogP contribution in [0.3, 0.4) is 0 Å². The van der Waals surface area contributed by atoms with Crippen molar-refractivity contribution in [2.24, 2.45) is 0 Å². The number of aliphatic carboxylic acids is 1. The number of hydrogen-bond donors (Lipinski definition) is 6. The minimum atomic E-state index is -1.13. The molecule has 172 valence electrons. The van der Waals surface area contributed by atoms with Gasteiger partial charge in [-0.2, -0.15) is 0 Å². The summed E-state index contributed by atoms with van der Waals surface area (Å²) in [4.78, 5) is 48.0. The van der Waals surface area contributed by atoms with Gasteiger partial charge < -0.3 is 26.1 Å². The summed E-state index contributed by atoms with van der Waals surface area (Å²) in [6.07, 6.45) is 1.93. The van der Waals surface area contributed by atoms with Gasteiger partial charge in [-0.05, 0) is 31.4 Å². The summed E-state index contributed by atoms with van der Waals surface area (Å²) < 4.78 is 0. The second-order valence-corrected chi connectivity index (χ2v) is 7.63. The molecular weight excluding hydrogens is 440 g/mol. The van der Waals surface area contributed by atoms with Crippen LogP contribution in [0.15, 0.2) is 30.3 Å². The van der Waals surface area contributed by atoms with Crippen LogP contribution in [0.2, 0.25) is 0 Å². The lowest BCUT2D eigenvalue weighted by atomic mass is 10.1. The maximum absolute atomic E-state index is 12.6. The lowest BCUT2D eigenvalue weighted by Crippen LogP contribution is -2.52. The molecule has 1 aromatic rings. The fraction of sp³-hybridized carbons (Fsp3) is 0.474. The first kappa shape index (κ1) is 26.9. The van der Waals surface area contributed by atoms with Crippen molar-refractivity contribution in [3.63, 3.8) is 0 Å². The van der Waals surface area contributed by atoms with Crippen molar-refractivity contribution in [3.05, 3.63) is 35.9 Å². The molecule has 3 amide bonds. The van der Waals surface area contributed by atoms with Gasteiger partial charge in [0.05, 0.1) is 13.1 Å². The summed E-state index contributed by atoms with van der Waals surface area (Å²) in [6.45, 7) is 0.344. The highest BCUT2D eigenvalue weighted by Gasteiger charge is 2.23. The standard InChI is InChI=1S/C19H31N5O5P2/c25-16(23-14(19(28)29)8-4-5-9-21-30)11-20-18(27)15(24-17(26)12-22-31)10-13-6-2-1-3-7-13/h1-3,6-7,14-15,21-22H,4-5,8-12,30-31H2,(H,20,27)(H,23,25)(H,24,26)(H,28,29). The predicted molar refractivity (Wildman–Crippen MR) is 124 cm³/mol. The van der Waals surface area contributed by atoms with E-state index in [1.54, 1.807) is 0 Å². The number of carbonyl (C=O) groups excluding carboxylic acids is 3. The highest BCUT2D eigenvalue weighted by Crippen LogP contribution is 2.04. The molecular formula is C19H31N5O5P2. The minimum Gasteiger partial charge on any atom is -0.480 e. The Kier molecular flexibility index (Phi) is 13.6. The Morgan fingerprint density at radius 1 is 0.871 bits per heavy atom. The van der Waals surface area contributed by atoms with Crippen LogP contribution in [0, 0.1) is 0 Å². The summed E-state index contributed by atoms with van der Waals surface area (Å²) in [5.41, 5.74) is 0.845. The van der Waals surface area contributed by atoms with Gasteiger partial charge in [0.1, 0.15) is 12.1 Å². The van der Waals surface area contributed by atoms with E-state index in [4.69, 9.17) is 0 Å². The van der Waals surface area contributed by atoms with Crippen molar-refractivity contribution in [1.29, 1.82) is 0 Å². The highest BCUT2D eigenvalue weighted by molar-refractivity contribution is 7.13. The van der Waals surface area contributed by atoms with Gasteiger partial charge in [-0.1, -0.05) is 49.1 Å². The number of carboxylic acid groups (broad SMARTS) is 1. The third-order valence-corrected chi connectivity index (χ3v) is 4.81. The summed E-state index contributed by atoms with van der Waals surface area (Å²) >= 11 is 0. The SMILES string of the molecule is O=C(CNC(=O)C(Cc1ccccc1)NC(=O)CNP)NC(CCCCNP)C(=O)O. The number of nitrogens with one attached hydrogen (secondary N) is 5. The van der Waals surface area contributed by atoms with Crippen molar-refractivity contribution in [2.75, 3.05) is 19.6 Å². The zero-order chi connectivity index (χ0) is 23.1. The lowest BCUT2D eigenvalue weighted by Gasteiger charge is -2.19. The maximum Gasteiger partial charge on any atom is 0.326 e. The molecule has 0 aliphatic heterocycles. The minimum absolute atomic E-state index is 0.0102. The van der Waals surface area contributed by atoms with Crippen LogP contribution in [-0.4, -0.2) is 60.5 Å². The Morgan fingerprint density at radius 3 is 2.13 bits per heavy atom. The topological polar surface area (TPSA) is 149 Å². The van der Waals surface area contributed by atoms with Gasteiger partial charge in [-0.25, -0.2) is 4.79 Å². The normalized spacial score (nSPS) is 12.5. The van der Waals surface area contributed by atoms with E-state index in [1.807, 2.05) is 30.3 Å². The fourth-order valence-electron chi connectivity index (χ4n) is 2.77. The second kappa shape index (κ2) is 15.6. The number of rotatable bonds is 15. The quantitative estimate of drug-likeness (QED) is 0.147. The smallest absolute Gasteiger partial charge is 0.326 e. The number of amides is 3. The van der Waals surface area contributed by atoms with Crippen LogP contribution < -0.4 is 26.1 Å². The molecule has 0 bridgehead atoms. The van der Waals surface area contributed by atoms with Gasteiger partial charge in [0.15, 0.2) is 0 Å². The average molecular weight is 471 g/mol. The van der Waals surface area contributed by atoms with Crippen molar-refractivity contribution < 1.29 is 24.3 Å². The number of carboxylic acids is 1. The molecule has 12 heteroatoms. The molecule has 0 saturated heterocycles. The zero-order valence-corrected chi connectivity index (χ0v) is 19.5. The van der Waals surface area contributed by atoms with E-state index in [1.165, 1.54) is 0 Å². The Bertz CT molecular complexity index is 723. The number of benzene rings is 1. The molecule has 1 rings (SSSR count). The summed E-state index contributed by atoms with van der Waals surface area (Å²) in [5, 5.41) is 22.3. The van der Waals surface area contributed by atoms with Gasteiger partial charge in [0, 0.05) is 6.42 Å². The second-order valence-electron chi connectivity index (χ2n) is 6.82. The molecule has 0 spiro atoms. The van der Waals surface area contributed by atoms with Gasteiger partial charge in [-0.3, -0.25) is 19.5 Å². The Morgan fingerprint density at radius 2 is 1.52 bits per heavy atom. The number of unbranched alkanes of at least 4 members (excludes halogenated alkanes) is 1. The highest BCUT2D eigenvalue weighted by atomic mass is 31.0. The molecule has 0 aromatic heterocycles. The number of hydrogen-bond acceptors (Lipinski definition) is 6. The number of carbonyl (C=O) groups is 4. The fourth-order valence-corrected chi connectivity index (χ4v) is 3.16. The first-order valence-electron chi connectivity index (χ1n) is 9.87. The van der Waals surface area contributed by atoms with Gasteiger partial charge >= 0.3 is 5.97 Å². The van der Waals surface area contributed by atoms with Gasteiger partial charge in [-0.15, -0.1) is 0 Å². The van der Waals surface area contributed by atoms with Gasteiger partial charge in [0.25, 0.3) is 0 Å². The van der Waals surface area contributed by atoms with E-state index in [-0.39, 0.29) is 25.3 Å².